The van der Waals surface area contributed by atoms with Crippen molar-refractivity contribution in [1.82, 2.24) is 10.2 Å². The van der Waals surface area contributed by atoms with Crippen LogP contribution in [0.1, 0.15) is 30.1 Å². The van der Waals surface area contributed by atoms with E-state index in [-0.39, 0.29) is 23.6 Å². The molecule has 1 aliphatic heterocycles. The molecule has 0 saturated carbocycles. The summed E-state index contributed by atoms with van der Waals surface area (Å²) in [5.41, 5.74) is 1.12. The third kappa shape index (κ3) is 3.84. The highest BCUT2D eigenvalue weighted by atomic mass is 16.2. The zero-order valence-electron chi connectivity index (χ0n) is 12.9. The third-order valence-corrected chi connectivity index (χ3v) is 3.93. The molecule has 0 aliphatic carbocycles. The van der Waals surface area contributed by atoms with E-state index >= 15 is 0 Å². The number of anilines is 1. The maximum atomic E-state index is 12.3. The van der Waals surface area contributed by atoms with E-state index in [2.05, 4.69) is 10.6 Å². The molecule has 3 amide bonds. The number of carbonyl (C=O) groups excluding carboxylic acids is 3. The van der Waals surface area contributed by atoms with E-state index in [1.165, 1.54) is 0 Å². The molecule has 1 saturated heterocycles. The van der Waals surface area contributed by atoms with Crippen molar-refractivity contribution in [2.45, 2.75) is 19.8 Å². The highest BCUT2D eigenvalue weighted by Crippen LogP contribution is 2.20. The molecule has 0 unspecified atom stereocenters. The quantitative estimate of drug-likeness (QED) is 0.882. The lowest BCUT2D eigenvalue weighted by atomic mass is 9.95. The number of hydrogen-bond donors (Lipinski definition) is 2. The van der Waals surface area contributed by atoms with Gasteiger partial charge in [0.05, 0.1) is 0 Å². The molecule has 2 N–H and O–H groups in total. The van der Waals surface area contributed by atoms with Crippen LogP contribution in [0.4, 0.5) is 5.69 Å². The Hall–Kier alpha value is -2.37. The Labute approximate surface area is 129 Å². The Morgan fingerprint density at radius 2 is 1.86 bits per heavy atom. The first-order chi connectivity index (χ1) is 10.5. The minimum atomic E-state index is -0.189. The summed E-state index contributed by atoms with van der Waals surface area (Å²) in [5, 5.41) is 5.40. The number of nitrogens with one attached hydrogen (secondary N) is 2. The van der Waals surface area contributed by atoms with Gasteiger partial charge < -0.3 is 15.5 Å². The molecule has 1 aliphatic rings. The largest absolute Gasteiger partial charge is 0.355 e. The highest BCUT2D eigenvalue weighted by molar-refractivity contribution is 5.97. The van der Waals surface area contributed by atoms with Gasteiger partial charge in [-0.2, -0.15) is 0 Å². The summed E-state index contributed by atoms with van der Waals surface area (Å²) in [7, 11) is 1.57. The van der Waals surface area contributed by atoms with Crippen molar-refractivity contribution in [3.63, 3.8) is 0 Å². The fraction of sp³-hybridized carbons (Fsp3) is 0.438. The van der Waals surface area contributed by atoms with E-state index in [4.69, 9.17) is 0 Å². The highest BCUT2D eigenvalue weighted by Gasteiger charge is 2.26. The fourth-order valence-electron chi connectivity index (χ4n) is 2.58. The second kappa shape index (κ2) is 7.06. The van der Waals surface area contributed by atoms with Crippen molar-refractivity contribution < 1.29 is 14.4 Å². The summed E-state index contributed by atoms with van der Waals surface area (Å²) in [6.45, 7) is 2.78. The van der Waals surface area contributed by atoms with Crippen molar-refractivity contribution in [3.05, 3.63) is 29.8 Å². The first kappa shape index (κ1) is 16.0. The van der Waals surface area contributed by atoms with Gasteiger partial charge >= 0.3 is 0 Å². The van der Waals surface area contributed by atoms with Gasteiger partial charge in [-0.05, 0) is 31.0 Å². The van der Waals surface area contributed by atoms with Gasteiger partial charge in [-0.25, -0.2) is 0 Å². The Bertz CT molecular complexity index is 578. The number of piperidine rings is 1. The lowest BCUT2D eigenvalue weighted by Crippen LogP contribution is -2.40. The standard InChI is InChI=1S/C16H21N3O3/c1-11(20)19-8-6-12(7-9-19)16(22)18-14-5-3-4-13(10-14)15(21)17-2/h3-5,10,12H,6-9H2,1-2H3,(H,17,21)(H,18,22). The summed E-state index contributed by atoms with van der Waals surface area (Å²) in [6.07, 6.45) is 1.33. The molecule has 22 heavy (non-hydrogen) atoms. The molecule has 1 fully saturated rings. The number of benzene rings is 1. The zero-order valence-corrected chi connectivity index (χ0v) is 12.9. The number of carbonyl (C=O) groups is 3. The van der Waals surface area contributed by atoms with E-state index in [1.807, 2.05) is 0 Å². The van der Waals surface area contributed by atoms with Crippen LogP contribution < -0.4 is 10.6 Å². The van der Waals surface area contributed by atoms with Crippen molar-refractivity contribution in [2.75, 3.05) is 25.5 Å². The van der Waals surface area contributed by atoms with Crippen molar-refractivity contribution in [1.29, 1.82) is 0 Å². The Kier molecular flexibility index (Phi) is 5.14. The summed E-state index contributed by atoms with van der Waals surface area (Å²) < 4.78 is 0. The second-order valence-corrected chi connectivity index (χ2v) is 5.43. The van der Waals surface area contributed by atoms with Gasteiger partial charge in [0.25, 0.3) is 5.91 Å². The molecule has 1 aromatic rings. The van der Waals surface area contributed by atoms with Gasteiger partial charge in [0.2, 0.25) is 11.8 Å². The van der Waals surface area contributed by atoms with Crippen molar-refractivity contribution in [3.8, 4) is 0 Å². The minimum absolute atomic E-state index is 0.0529. The van der Waals surface area contributed by atoms with E-state index < -0.39 is 0 Å². The molecule has 0 atom stereocenters. The van der Waals surface area contributed by atoms with E-state index in [0.29, 0.717) is 37.2 Å². The van der Waals surface area contributed by atoms with Gasteiger partial charge in [0.1, 0.15) is 0 Å². The predicted molar refractivity (Wildman–Crippen MR) is 83.4 cm³/mol. The van der Waals surface area contributed by atoms with Crippen LogP contribution in [0, 0.1) is 5.92 Å². The van der Waals surface area contributed by atoms with Crippen LogP contribution in [-0.4, -0.2) is 42.8 Å². The van der Waals surface area contributed by atoms with Gasteiger partial charge in [0.15, 0.2) is 0 Å². The van der Waals surface area contributed by atoms with Crippen LogP contribution >= 0.6 is 0 Å². The number of nitrogens with zero attached hydrogens (tertiary/aromatic N) is 1. The fourth-order valence-corrected chi connectivity index (χ4v) is 2.58. The molecule has 118 valence electrons. The summed E-state index contributed by atoms with van der Waals surface area (Å²) in [4.78, 5) is 36.9. The predicted octanol–water partition coefficient (Wildman–Crippen LogP) is 1.24. The molecule has 0 radical (unpaired) electrons. The SMILES string of the molecule is CNC(=O)c1cccc(NC(=O)C2CCN(C(C)=O)CC2)c1. The molecular weight excluding hydrogens is 282 g/mol. The first-order valence-corrected chi connectivity index (χ1v) is 7.39. The van der Waals surface area contributed by atoms with Gasteiger partial charge in [-0.15, -0.1) is 0 Å². The average molecular weight is 303 g/mol. The number of likely N-dealkylation sites (tertiary alicyclic amines) is 1. The third-order valence-electron chi connectivity index (χ3n) is 3.93. The lowest BCUT2D eigenvalue weighted by Gasteiger charge is -2.30. The molecule has 0 spiro atoms. The smallest absolute Gasteiger partial charge is 0.251 e. The van der Waals surface area contributed by atoms with Gasteiger partial charge in [-0.3, -0.25) is 14.4 Å². The van der Waals surface area contributed by atoms with Crippen LogP contribution in [0.25, 0.3) is 0 Å². The molecule has 0 aromatic heterocycles. The topological polar surface area (TPSA) is 78.5 Å². The zero-order chi connectivity index (χ0) is 16.1. The summed E-state index contributed by atoms with van der Waals surface area (Å²) >= 11 is 0. The van der Waals surface area contributed by atoms with Crippen LogP contribution in [0.2, 0.25) is 0 Å². The minimum Gasteiger partial charge on any atom is -0.355 e. The summed E-state index contributed by atoms with van der Waals surface area (Å²) in [5.74, 6) is -0.292. The van der Waals surface area contributed by atoms with E-state index in [1.54, 1.807) is 43.1 Å². The Morgan fingerprint density at radius 3 is 2.45 bits per heavy atom. The van der Waals surface area contributed by atoms with Crippen molar-refractivity contribution >= 4 is 23.4 Å². The number of amides is 3. The molecule has 6 nitrogen and oxygen atoms in total. The van der Waals surface area contributed by atoms with Gasteiger partial charge in [0, 0.05) is 44.2 Å². The lowest BCUT2D eigenvalue weighted by molar-refractivity contribution is -0.132. The van der Waals surface area contributed by atoms with Gasteiger partial charge in [-0.1, -0.05) is 6.07 Å². The number of rotatable bonds is 3. The van der Waals surface area contributed by atoms with Crippen LogP contribution in [-0.2, 0) is 9.59 Å². The molecule has 6 heteroatoms. The van der Waals surface area contributed by atoms with Crippen LogP contribution in [0.3, 0.4) is 0 Å². The molecule has 1 heterocycles. The summed E-state index contributed by atoms with van der Waals surface area (Å²) in [6, 6.07) is 6.84. The number of hydrogen-bond acceptors (Lipinski definition) is 3. The Morgan fingerprint density at radius 1 is 1.18 bits per heavy atom. The monoisotopic (exact) mass is 303 g/mol. The van der Waals surface area contributed by atoms with Crippen molar-refractivity contribution in [2.24, 2.45) is 5.92 Å². The average Bonchev–Trinajstić information content (AvgIpc) is 2.54. The van der Waals surface area contributed by atoms with Crippen LogP contribution in [0.5, 0.6) is 0 Å². The molecule has 2 rings (SSSR count). The second-order valence-electron chi connectivity index (χ2n) is 5.43. The normalized spacial score (nSPS) is 15.3. The maximum Gasteiger partial charge on any atom is 0.251 e. The first-order valence-electron chi connectivity index (χ1n) is 7.39. The molecular formula is C16H21N3O3. The van der Waals surface area contributed by atoms with E-state index in [0.717, 1.165) is 0 Å². The van der Waals surface area contributed by atoms with E-state index in [9.17, 15) is 14.4 Å². The maximum absolute atomic E-state index is 12.3. The Balaban J connectivity index is 1.95. The molecule has 0 bridgehead atoms. The van der Waals surface area contributed by atoms with Crippen LogP contribution in [0.15, 0.2) is 24.3 Å². The molecule has 1 aromatic carbocycles.